The van der Waals surface area contributed by atoms with Crippen molar-refractivity contribution < 1.29 is 9.90 Å². The fourth-order valence-corrected chi connectivity index (χ4v) is 5.47. The van der Waals surface area contributed by atoms with Crippen molar-refractivity contribution in [3.8, 4) is 11.1 Å². The maximum absolute atomic E-state index is 13.3. The first kappa shape index (κ1) is 21.7. The van der Waals surface area contributed by atoms with Gasteiger partial charge in [-0.3, -0.25) is 9.69 Å². The molecule has 3 aromatic rings. The molecule has 2 aliphatic rings. The van der Waals surface area contributed by atoms with Gasteiger partial charge in [0, 0.05) is 30.0 Å². The van der Waals surface area contributed by atoms with E-state index in [0.29, 0.717) is 6.54 Å². The zero-order chi connectivity index (χ0) is 22.8. The van der Waals surface area contributed by atoms with Gasteiger partial charge in [0.15, 0.2) is 0 Å². The number of nitrogens with zero attached hydrogens (tertiary/aromatic N) is 2. The van der Waals surface area contributed by atoms with E-state index in [1.165, 1.54) is 12.0 Å². The molecular weight excluding hydrogens is 412 g/mol. The zero-order valence-corrected chi connectivity index (χ0v) is 18.9. The maximum Gasteiger partial charge on any atom is 0.341 e. The van der Waals surface area contributed by atoms with Gasteiger partial charge in [0.25, 0.3) is 0 Å². The largest absolute Gasteiger partial charge is 0.477 e. The molecule has 1 aromatic heterocycles. The van der Waals surface area contributed by atoms with Crippen molar-refractivity contribution in [2.75, 3.05) is 13.1 Å². The van der Waals surface area contributed by atoms with E-state index < -0.39 is 5.97 Å². The highest BCUT2D eigenvalue weighted by atomic mass is 16.4. The van der Waals surface area contributed by atoms with Crippen LogP contribution in [0, 0.1) is 0 Å². The van der Waals surface area contributed by atoms with Gasteiger partial charge in [-0.25, -0.2) is 4.79 Å². The van der Waals surface area contributed by atoms with Crippen LogP contribution in [0.15, 0.2) is 65.6 Å². The second kappa shape index (κ2) is 9.36. The Balaban J connectivity index is 1.52. The number of rotatable bonds is 5. The van der Waals surface area contributed by atoms with Crippen LogP contribution in [0.25, 0.3) is 11.1 Å². The van der Waals surface area contributed by atoms with Gasteiger partial charge in [-0.1, -0.05) is 61.0 Å². The maximum atomic E-state index is 13.3. The average Bonchev–Trinajstić information content (AvgIpc) is 2.86. The van der Waals surface area contributed by atoms with E-state index in [0.717, 1.165) is 67.6 Å². The summed E-state index contributed by atoms with van der Waals surface area (Å²) < 4.78 is 2.02. The summed E-state index contributed by atoms with van der Waals surface area (Å²) in [6.45, 7) is 2.54. The second-order valence-electron chi connectivity index (χ2n) is 9.23. The number of carboxylic acids is 1. The Morgan fingerprint density at radius 2 is 1.61 bits per heavy atom. The molecule has 0 amide bonds. The molecule has 1 atom stereocenters. The summed E-state index contributed by atoms with van der Waals surface area (Å²) in [7, 11) is 0. The van der Waals surface area contributed by atoms with E-state index in [2.05, 4.69) is 41.3 Å². The molecule has 5 rings (SSSR count). The van der Waals surface area contributed by atoms with Crippen LogP contribution in [0.1, 0.15) is 65.3 Å². The molecule has 5 heteroatoms. The number of pyridine rings is 1. The minimum absolute atomic E-state index is 0.0348. The van der Waals surface area contributed by atoms with Gasteiger partial charge in [0.1, 0.15) is 5.56 Å². The minimum Gasteiger partial charge on any atom is -0.477 e. The Morgan fingerprint density at radius 1 is 0.909 bits per heavy atom. The van der Waals surface area contributed by atoms with Gasteiger partial charge < -0.3 is 9.67 Å². The summed E-state index contributed by atoms with van der Waals surface area (Å²) in [5.41, 5.74) is 4.75. The molecule has 2 heterocycles. The second-order valence-corrected chi connectivity index (χ2v) is 9.23. The Morgan fingerprint density at radius 3 is 2.30 bits per heavy atom. The summed E-state index contributed by atoms with van der Waals surface area (Å²) in [4.78, 5) is 27.7. The Hall–Kier alpha value is -3.18. The number of hydrogen-bond donors (Lipinski definition) is 1. The molecule has 5 nitrogen and oxygen atoms in total. The van der Waals surface area contributed by atoms with Gasteiger partial charge in [-0.05, 0) is 61.9 Å². The lowest BCUT2D eigenvalue weighted by Crippen LogP contribution is -2.40. The quantitative estimate of drug-likeness (QED) is 0.595. The van der Waals surface area contributed by atoms with Crippen molar-refractivity contribution in [1.29, 1.82) is 0 Å². The summed E-state index contributed by atoms with van der Waals surface area (Å²) in [6.07, 6.45) is 7.85. The van der Waals surface area contributed by atoms with E-state index in [4.69, 9.17) is 0 Å². The Kier molecular flexibility index (Phi) is 6.14. The molecule has 1 fully saturated rings. The van der Waals surface area contributed by atoms with E-state index in [9.17, 15) is 14.7 Å². The van der Waals surface area contributed by atoms with Crippen molar-refractivity contribution >= 4 is 5.97 Å². The highest BCUT2D eigenvalue weighted by molar-refractivity contribution is 5.87. The Labute approximate surface area is 194 Å². The predicted octanol–water partition coefficient (Wildman–Crippen LogP) is 5.13. The number of carboxylic acid groups (broad SMARTS) is 1. The number of likely N-dealkylation sites (tertiary alicyclic amines) is 1. The van der Waals surface area contributed by atoms with Crippen molar-refractivity contribution in [2.45, 2.75) is 51.1 Å². The molecular formula is C28H30N2O3. The van der Waals surface area contributed by atoms with Gasteiger partial charge >= 0.3 is 5.97 Å². The van der Waals surface area contributed by atoms with Crippen LogP contribution in [0.3, 0.4) is 0 Å². The van der Waals surface area contributed by atoms with E-state index >= 15 is 0 Å². The number of carbonyl (C=O) groups is 1. The smallest absolute Gasteiger partial charge is 0.341 e. The number of benzene rings is 2. The van der Waals surface area contributed by atoms with Crippen molar-refractivity contribution in [3.63, 3.8) is 0 Å². The normalized spacial score (nSPS) is 18.6. The van der Waals surface area contributed by atoms with Gasteiger partial charge in [-0.15, -0.1) is 0 Å². The molecule has 33 heavy (non-hydrogen) atoms. The monoisotopic (exact) mass is 442 g/mol. The van der Waals surface area contributed by atoms with Crippen molar-refractivity contribution in [1.82, 2.24) is 9.47 Å². The minimum atomic E-state index is -1.14. The molecule has 2 aromatic carbocycles. The van der Waals surface area contributed by atoms with Crippen LogP contribution in [0.2, 0.25) is 0 Å². The first-order valence-corrected chi connectivity index (χ1v) is 12.0. The standard InChI is InChI=1S/C28H30N2O3/c31-27-23(28(32)33)19-30(18-20-12-14-22(15-13-20)21-8-3-1-4-9-21)25-11-7-10-24(26(25)27)29-16-5-2-6-17-29/h1,3-4,8-9,12-15,19,24H,2,5-7,10-11,16-18H2,(H,32,33). The third-order valence-electron chi connectivity index (χ3n) is 7.13. The highest BCUT2D eigenvalue weighted by Gasteiger charge is 2.32. The van der Waals surface area contributed by atoms with Crippen molar-refractivity contribution in [2.24, 2.45) is 0 Å². The van der Waals surface area contributed by atoms with Crippen LogP contribution < -0.4 is 5.43 Å². The summed E-state index contributed by atoms with van der Waals surface area (Å²) in [6, 6.07) is 18.7. The number of fused-ring (bicyclic) bond motifs is 1. The lowest BCUT2D eigenvalue weighted by atomic mass is 9.87. The van der Waals surface area contributed by atoms with Gasteiger partial charge in [0.05, 0.1) is 0 Å². The Bertz CT molecular complexity index is 1190. The van der Waals surface area contributed by atoms with Gasteiger partial charge in [-0.2, -0.15) is 0 Å². The topological polar surface area (TPSA) is 62.5 Å². The number of piperidine rings is 1. The van der Waals surface area contributed by atoms with Crippen LogP contribution in [0.4, 0.5) is 0 Å². The van der Waals surface area contributed by atoms with Gasteiger partial charge in [0.2, 0.25) is 5.43 Å². The molecule has 1 saturated heterocycles. The summed E-state index contributed by atoms with van der Waals surface area (Å²) in [5, 5.41) is 9.79. The first-order valence-electron chi connectivity index (χ1n) is 12.0. The average molecular weight is 443 g/mol. The molecule has 0 saturated carbocycles. The highest BCUT2D eigenvalue weighted by Crippen LogP contribution is 2.34. The summed E-state index contributed by atoms with van der Waals surface area (Å²) >= 11 is 0. The van der Waals surface area contributed by atoms with Crippen LogP contribution in [0.5, 0.6) is 0 Å². The molecule has 1 aliphatic carbocycles. The van der Waals surface area contributed by atoms with Crippen LogP contribution in [-0.2, 0) is 13.0 Å². The molecule has 0 bridgehead atoms. The third kappa shape index (κ3) is 4.38. The number of aromatic carboxylic acids is 1. The molecule has 0 radical (unpaired) electrons. The lowest BCUT2D eigenvalue weighted by molar-refractivity contribution is 0.0693. The van der Waals surface area contributed by atoms with Crippen LogP contribution in [-0.4, -0.2) is 33.6 Å². The molecule has 1 unspecified atom stereocenters. The molecule has 1 aliphatic heterocycles. The molecule has 1 N–H and O–H groups in total. The van der Waals surface area contributed by atoms with Crippen LogP contribution >= 0.6 is 0 Å². The lowest BCUT2D eigenvalue weighted by Gasteiger charge is -2.38. The molecule has 0 spiro atoms. The van der Waals surface area contributed by atoms with Crippen molar-refractivity contribution in [3.05, 3.63) is 93.4 Å². The number of aromatic nitrogens is 1. The zero-order valence-electron chi connectivity index (χ0n) is 18.9. The first-order chi connectivity index (χ1) is 16.1. The molecule has 170 valence electrons. The van der Waals surface area contributed by atoms with E-state index in [1.807, 2.05) is 22.8 Å². The predicted molar refractivity (Wildman–Crippen MR) is 130 cm³/mol. The fraction of sp³-hybridized carbons (Fsp3) is 0.357. The van der Waals surface area contributed by atoms with E-state index in [1.54, 1.807) is 6.20 Å². The third-order valence-corrected chi connectivity index (χ3v) is 7.13. The fourth-order valence-electron chi connectivity index (χ4n) is 5.47. The number of hydrogen-bond acceptors (Lipinski definition) is 3. The SMILES string of the molecule is O=C(O)c1cn(Cc2ccc(-c3ccccc3)cc2)c2c(c1=O)C(N1CCCCC1)CCC2. The summed E-state index contributed by atoms with van der Waals surface area (Å²) in [5.74, 6) is -1.14. The van der Waals surface area contributed by atoms with E-state index in [-0.39, 0.29) is 17.0 Å².